The number of carbonyl (C=O) groups is 2. The molecule has 0 aromatic heterocycles. The molecule has 0 radical (unpaired) electrons. The molecule has 0 atom stereocenters. The normalized spacial score (nSPS) is 9.07. The van der Waals surface area contributed by atoms with E-state index in [1.165, 1.54) is 0 Å². The third kappa shape index (κ3) is 8.82. The summed E-state index contributed by atoms with van der Waals surface area (Å²) in [5.74, 6) is 1.32. The summed E-state index contributed by atoms with van der Waals surface area (Å²) in [6.45, 7) is 2.36. The number of unbranched alkanes of at least 4 members (excludes halogenated alkanes) is 1. The molecule has 4 nitrogen and oxygen atoms in total. The standard InChI is InChI=1S/C11H16O4/c1-3-5-9-15-11(13)7-6-10(12)14-8-4-2/h2H,3,5-9H2,1H3. The predicted molar refractivity (Wildman–Crippen MR) is 54.9 cm³/mol. The Hall–Kier alpha value is -1.50. The smallest absolute Gasteiger partial charge is 0.307 e. The zero-order valence-electron chi connectivity index (χ0n) is 8.95. The van der Waals surface area contributed by atoms with Crippen molar-refractivity contribution in [2.45, 2.75) is 32.6 Å². The minimum absolute atomic E-state index is 0.0205. The average Bonchev–Trinajstić information content (AvgIpc) is 2.24. The topological polar surface area (TPSA) is 52.6 Å². The molecule has 0 N–H and O–H groups in total. The van der Waals surface area contributed by atoms with E-state index >= 15 is 0 Å². The Balaban J connectivity index is 3.45. The Morgan fingerprint density at radius 2 is 1.80 bits per heavy atom. The number of hydrogen-bond acceptors (Lipinski definition) is 4. The number of rotatable bonds is 7. The largest absolute Gasteiger partial charge is 0.466 e. The lowest BCUT2D eigenvalue weighted by molar-refractivity contribution is -0.149. The summed E-state index contributed by atoms with van der Waals surface area (Å²) in [5.41, 5.74) is 0. The van der Waals surface area contributed by atoms with E-state index in [0.29, 0.717) is 6.61 Å². The van der Waals surface area contributed by atoms with Crippen molar-refractivity contribution >= 4 is 11.9 Å². The van der Waals surface area contributed by atoms with Crippen LogP contribution in [0.25, 0.3) is 0 Å². The maximum Gasteiger partial charge on any atom is 0.307 e. The van der Waals surface area contributed by atoms with Gasteiger partial charge in [-0.05, 0) is 6.42 Å². The first-order valence-electron chi connectivity index (χ1n) is 4.95. The minimum atomic E-state index is -0.472. The second-order valence-electron chi connectivity index (χ2n) is 2.94. The van der Waals surface area contributed by atoms with Crippen molar-refractivity contribution in [2.75, 3.05) is 13.2 Å². The molecule has 0 aromatic rings. The summed E-state index contributed by atoms with van der Waals surface area (Å²) in [7, 11) is 0. The Labute approximate surface area is 89.9 Å². The monoisotopic (exact) mass is 212 g/mol. The molecule has 0 heterocycles. The van der Waals surface area contributed by atoms with E-state index in [4.69, 9.17) is 11.2 Å². The van der Waals surface area contributed by atoms with Gasteiger partial charge in [0.2, 0.25) is 0 Å². The van der Waals surface area contributed by atoms with Gasteiger partial charge in [0, 0.05) is 0 Å². The Morgan fingerprint density at radius 1 is 1.20 bits per heavy atom. The van der Waals surface area contributed by atoms with E-state index in [1.807, 2.05) is 6.92 Å². The molecule has 0 fully saturated rings. The van der Waals surface area contributed by atoms with Crippen LogP contribution >= 0.6 is 0 Å². The number of esters is 2. The summed E-state index contributed by atoms with van der Waals surface area (Å²) in [6.07, 6.45) is 6.77. The lowest BCUT2D eigenvalue weighted by Gasteiger charge is -2.03. The van der Waals surface area contributed by atoms with Crippen LogP contribution in [0.5, 0.6) is 0 Å². The van der Waals surface area contributed by atoms with E-state index in [-0.39, 0.29) is 25.4 Å². The molecular weight excluding hydrogens is 196 g/mol. The van der Waals surface area contributed by atoms with Gasteiger partial charge >= 0.3 is 11.9 Å². The molecule has 0 bridgehead atoms. The third-order valence-electron chi connectivity index (χ3n) is 1.61. The van der Waals surface area contributed by atoms with Crippen LogP contribution < -0.4 is 0 Å². The van der Waals surface area contributed by atoms with Crippen molar-refractivity contribution in [1.82, 2.24) is 0 Å². The molecular formula is C11H16O4. The molecule has 0 aromatic carbocycles. The van der Waals surface area contributed by atoms with Gasteiger partial charge in [-0.2, -0.15) is 0 Å². The van der Waals surface area contributed by atoms with E-state index < -0.39 is 5.97 Å². The molecule has 0 aliphatic rings. The Kier molecular flexibility index (Phi) is 8.16. The van der Waals surface area contributed by atoms with Crippen molar-refractivity contribution in [1.29, 1.82) is 0 Å². The van der Waals surface area contributed by atoms with Gasteiger partial charge in [-0.25, -0.2) is 0 Å². The molecule has 15 heavy (non-hydrogen) atoms. The first-order chi connectivity index (χ1) is 7.20. The summed E-state index contributed by atoms with van der Waals surface area (Å²) in [4.78, 5) is 21.9. The molecule has 0 amide bonds. The van der Waals surface area contributed by atoms with Gasteiger partial charge in [0.25, 0.3) is 0 Å². The molecule has 0 aliphatic carbocycles. The molecule has 0 rings (SSSR count). The van der Waals surface area contributed by atoms with E-state index in [2.05, 4.69) is 10.7 Å². The van der Waals surface area contributed by atoms with Crippen LogP contribution in [0.4, 0.5) is 0 Å². The summed E-state index contributed by atoms with van der Waals surface area (Å²) in [6, 6.07) is 0. The third-order valence-corrected chi connectivity index (χ3v) is 1.61. The fourth-order valence-electron chi connectivity index (χ4n) is 0.801. The molecule has 0 aliphatic heterocycles. The SMILES string of the molecule is C#CCOC(=O)CCC(=O)OCCCC. The van der Waals surface area contributed by atoms with Crippen molar-refractivity contribution in [3.63, 3.8) is 0 Å². The predicted octanol–water partition coefficient (Wildman–Crippen LogP) is 1.29. The van der Waals surface area contributed by atoms with Crippen LogP contribution in [0.3, 0.4) is 0 Å². The molecule has 0 saturated carbocycles. The number of terminal acetylenes is 1. The lowest BCUT2D eigenvalue weighted by atomic mass is 10.3. The van der Waals surface area contributed by atoms with Gasteiger partial charge in [0.1, 0.15) is 0 Å². The van der Waals surface area contributed by atoms with Crippen molar-refractivity contribution in [3.05, 3.63) is 0 Å². The van der Waals surface area contributed by atoms with Gasteiger partial charge in [-0.15, -0.1) is 6.42 Å². The van der Waals surface area contributed by atoms with E-state index in [9.17, 15) is 9.59 Å². The van der Waals surface area contributed by atoms with Crippen LogP contribution in [0.2, 0.25) is 0 Å². The fraction of sp³-hybridized carbons (Fsp3) is 0.636. The Bertz CT molecular complexity index is 239. The zero-order chi connectivity index (χ0) is 11.5. The van der Waals surface area contributed by atoms with Gasteiger partial charge < -0.3 is 9.47 Å². The maximum absolute atomic E-state index is 11.0. The van der Waals surface area contributed by atoms with Crippen molar-refractivity contribution in [3.8, 4) is 12.3 Å². The molecule has 0 spiro atoms. The average molecular weight is 212 g/mol. The first kappa shape index (κ1) is 13.5. The number of hydrogen-bond donors (Lipinski definition) is 0. The van der Waals surface area contributed by atoms with E-state index in [0.717, 1.165) is 12.8 Å². The Morgan fingerprint density at radius 3 is 2.33 bits per heavy atom. The quantitative estimate of drug-likeness (QED) is 0.362. The van der Waals surface area contributed by atoms with Crippen LogP contribution in [-0.4, -0.2) is 25.2 Å². The van der Waals surface area contributed by atoms with Crippen LogP contribution in [0.15, 0.2) is 0 Å². The number of carbonyl (C=O) groups excluding carboxylic acids is 2. The zero-order valence-corrected chi connectivity index (χ0v) is 8.95. The van der Waals surface area contributed by atoms with Crippen LogP contribution in [0.1, 0.15) is 32.6 Å². The second-order valence-corrected chi connectivity index (χ2v) is 2.94. The van der Waals surface area contributed by atoms with Crippen LogP contribution in [0, 0.1) is 12.3 Å². The molecule has 0 saturated heterocycles. The van der Waals surface area contributed by atoms with Crippen molar-refractivity contribution in [2.24, 2.45) is 0 Å². The number of ether oxygens (including phenoxy) is 2. The molecule has 4 heteroatoms. The summed E-state index contributed by atoms with van der Waals surface area (Å²) < 4.78 is 9.43. The van der Waals surface area contributed by atoms with Gasteiger partial charge in [-0.1, -0.05) is 19.3 Å². The van der Waals surface area contributed by atoms with Gasteiger partial charge in [0.15, 0.2) is 6.61 Å². The summed E-state index contributed by atoms with van der Waals surface area (Å²) in [5, 5.41) is 0. The fourth-order valence-corrected chi connectivity index (χ4v) is 0.801. The van der Waals surface area contributed by atoms with Crippen molar-refractivity contribution < 1.29 is 19.1 Å². The lowest BCUT2D eigenvalue weighted by Crippen LogP contribution is -2.10. The second kappa shape index (κ2) is 9.07. The molecule has 84 valence electrons. The minimum Gasteiger partial charge on any atom is -0.466 e. The molecule has 0 unspecified atom stereocenters. The first-order valence-corrected chi connectivity index (χ1v) is 4.95. The highest BCUT2D eigenvalue weighted by Crippen LogP contribution is 1.97. The van der Waals surface area contributed by atoms with E-state index in [1.54, 1.807) is 0 Å². The highest BCUT2D eigenvalue weighted by molar-refractivity contribution is 5.77. The highest BCUT2D eigenvalue weighted by atomic mass is 16.5. The van der Waals surface area contributed by atoms with Crippen LogP contribution in [-0.2, 0) is 19.1 Å². The highest BCUT2D eigenvalue weighted by Gasteiger charge is 2.08. The van der Waals surface area contributed by atoms with Gasteiger partial charge in [0.05, 0.1) is 19.4 Å². The van der Waals surface area contributed by atoms with Gasteiger partial charge in [-0.3, -0.25) is 9.59 Å². The summed E-state index contributed by atoms with van der Waals surface area (Å²) >= 11 is 0. The maximum atomic E-state index is 11.0.